The summed E-state index contributed by atoms with van der Waals surface area (Å²) in [5.74, 6) is 4.05. The topological polar surface area (TPSA) is 287 Å². The monoisotopic (exact) mass is 637 g/mol. The third-order valence-corrected chi connectivity index (χ3v) is 3.15. The molecule has 0 saturated heterocycles. The van der Waals surface area contributed by atoms with Crippen LogP contribution in [0.1, 0.15) is 32.1 Å². The second-order valence-corrected chi connectivity index (χ2v) is 8.05. The van der Waals surface area contributed by atoms with Crippen LogP contribution in [0.4, 0.5) is 0 Å². The summed E-state index contributed by atoms with van der Waals surface area (Å²) in [4.78, 5) is 45.0. The van der Waals surface area contributed by atoms with E-state index in [1.54, 1.807) is 7.11 Å². The van der Waals surface area contributed by atoms with Gasteiger partial charge in [0.25, 0.3) is 5.91 Å². The zero-order chi connectivity index (χ0) is 27.4. The van der Waals surface area contributed by atoms with E-state index in [0.29, 0.717) is 19.6 Å². The Hall–Kier alpha value is -0.550. The van der Waals surface area contributed by atoms with Gasteiger partial charge in [-0.3, -0.25) is 32.9 Å². The number of methoxy groups -OCH3 is 1. The molecule has 0 aromatic rings. The number of carbonyl (C=O) groups is 4. The van der Waals surface area contributed by atoms with Crippen molar-refractivity contribution in [3.8, 4) is 0 Å². The standard InChI is InChI=1S/C10H22N2O3.C4H10N2O2.C3H5NO2.IO4.Na/c1-14-8-4-2-6-10(13)12-7-3-5-9-15-11;1-6-4(8)3(5)2-7;1-4-3(6)2-5;2-1(3,4)5;/h2-9,11H2,1H3,(H,12,13);3,7H,2,5H2,1H3,(H,6,8);2H,1H3,(H,4,6);;/q;;;-1;+1. The van der Waals surface area contributed by atoms with Crippen molar-refractivity contribution in [3.05, 3.63) is 0 Å². The number of unbranched alkanes of at least 4 members (excludes halogenated alkanes) is 2. The Morgan fingerprint density at radius 1 is 1.03 bits per heavy atom. The van der Waals surface area contributed by atoms with E-state index in [9.17, 15) is 19.2 Å². The molecule has 0 spiro atoms. The fourth-order valence-electron chi connectivity index (χ4n) is 1.49. The van der Waals surface area contributed by atoms with E-state index in [0.717, 1.165) is 32.3 Å². The maximum atomic E-state index is 11.2. The molecule has 0 radical (unpaired) electrons. The normalized spacial score (nSPS) is 10.2. The molecule has 3 amide bonds. The largest absolute Gasteiger partial charge is 1.00 e. The number of hydrogen-bond donors (Lipinski definition) is 6. The van der Waals surface area contributed by atoms with Gasteiger partial charge >= 0.3 is 29.6 Å². The summed E-state index contributed by atoms with van der Waals surface area (Å²) >= 11 is -5.94. The third-order valence-electron chi connectivity index (χ3n) is 3.15. The minimum atomic E-state index is -5.94. The average molecular weight is 637 g/mol. The molecule has 0 heterocycles. The van der Waals surface area contributed by atoms with Crippen LogP contribution in [0.5, 0.6) is 0 Å². The molecular formula is C17H37IN5NaO11. The molecule has 35 heavy (non-hydrogen) atoms. The van der Waals surface area contributed by atoms with Crippen LogP contribution in [-0.2, 0) is 28.8 Å². The van der Waals surface area contributed by atoms with Crippen molar-refractivity contribution < 1.29 is 97.3 Å². The summed E-state index contributed by atoms with van der Waals surface area (Å²) in [5.41, 5.74) is 5.06. The van der Waals surface area contributed by atoms with Crippen LogP contribution in [-0.4, -0.2) is 82.7 Å². The number of aldehydes is 1. The first-order chi connectivity index (χ1) is 15.8. The van der Waals surface area contributed by atoms with Gasteiger partial charge in [0.05, 0.1) is 13.2 Å². The number of aliphatic hydroxyl groups excluding tert-OH is 1. The van der Waals surface area contributed by atoms with Gasteiger partial charge in [0.1, 0.15) is 26.1 Å². The first-order valence-electron chi connectivity index (χ1n) is 9.78. The van der Waals surface area contributed by atoms with Gasteiger partial charge in [-0.25, -0.2) is 5.90 Å². The number of nitrogens with two attached hydrogens (primary N) is 2. The molecule has 16 nitrogen and oxygen atoms in total. The summed E-state index contributed by atoms with van der Waals surface area (Å²) in [5, 5.41) is 15.5. The number of carbonyl (C=O) groups excluding carboxylic acids is 4. The molecular weight excluding hydrogens is 600 g/mol. The van der Waals surface area contributed by atoms with Gasteiger partial charge in [-0.05, 0) is 25.7 Å². The first kappa shape index (κ1) is 44.4. The van der Waals surface area contributed by atoms with E-state index in [4.69, 9.17) is 35.2 Å². The first-order valence-corrected chi connectivity index (χ1v) is 13.3. The van der Waals surface area contributed by atoms with E-state index < -0.39 is 32.0 Å². The molecule has 0 aliphatic heterocycles. The van der Waals surface area contributed by atoms with Gasteiger partial charge in [-0.15, -0.1) is 0 Å². The number of aliphatic hydroxyl groups is 1. The Kier molecular flexibility index (Phi) is 42.5. The molecule has 0 aromatic carbocycles. The molecule has 0 aliphatic carbocycles. The second-order valence-electron chi connectivity index (χ2n) is 5.89. The molecule has 18 heteroatoms. The van der Waals surface area contributed by atoms with Crippen molar-refractivity contribution in [2.45, 2.75) is 38.1 Å². The van der Waals surface area contributed by atoms with Gasteiger partial charge in [0, 0.05) is 40.8 Å². The summed E-state index contributed by atoms with van der Waals surface area (Å²) in [6.45, 7) is 1.66. The summed E-state index contributed by atoms with van der Waals surface area (Å²) in [7, 11) is 4.54. The van der Waals surface area contributed by atoms with Crippen molar-refractivity contribution in [1.29, 1.82) is 0 Å². The van der Waals surface area contributed by atoms with Crippen LogP contribution in [0, 0.1) is 0 Å². The van der Waals surface area contributed by atoms with Crippen molar-refractivity contribution in [2.24, 2.45) is 11.6 Å². The molecule has 0 aliphatic rings. The van der Waals surface area contributed by atoms with E-state index in [1.807, 2.05) is 0 Å². The van der Waals surface area contributed by atoms with E-state index in [-0.39, 0.29) is 54.3 Å². The number of likely N-dealkylation sites (N-methyl/N-ethyl adjacent to an activating group) is 2. The Labute approximate surface area is 233 Å². The molecule has 1 unspecified atom stereocenters. The van der Waals surface area contributed by atoms with Gasteiger partial charge in [-0.2, -0.15) is 0 Å². The minimum absolute atomic E-state index is 0. The number of nitrogens with one attached hydrogen (secondary N) is 3. The Morgan fingerprint density at radius 3 is 1.86 bits per heavy atom. The minimum Gasteiger partial charge on any atom is -0.394 e. The van der Waals surface area contributed by atoms with E-state index in [2.05, 4.69) is 20.8 Å². The molecule has 204 valence electrons. The maximum absolute atomic E-state index is 11.2. The van der Waals surface area contributed by atoms with Crippen LogP contribution >= 0.6 is 0 Å². The second kappa shape index (κ2) is 33.4. The summed E-state index contributed by atoms with van der Waals surface area (Å²) in [6, 6.07) is -0.778. The van der Waals surface area contributed by atoms with Crippen LogP contribution in [0.3, 0.4) is 0 Å². The van der Waals surface area contributed by atoms with Crippen LogP contribution in [0.25, 0.3) is 0 Å². The zero-order valence-electron chi connectivity index (χ0n) is 20.6. The van der Waals surface area contributed by atoms with Crippen LogP contribution < -0.4 is 91.0 Å². The third kappa shape index (κ3) is 55.3. The van der Waals surface area contributed by atoms with E-state index in [1.165, 1.54) is 14.1 Å². The Morgan fingerprint density at radius 2 is 1.54 bits per heavy atom. The fourth-order valence-corrected chi connectivity index (χ4v) is 1.49. The van der Waals surface area contributed by atoms with Gasteiger partial charge in [-0.1, -0.05) is 0 Å². The van der Waals surface area contributed by atoms with Gasteiger partial charge in [0.15, 0.2) is 0 Å². The van der Waals surface area contributed by atoms with Crippen LogP contribution in [0.2, 0.25) is 0 Å². The number of rotatable bonds is 13. The van der Waals surface area contributed by atoms with Crippen molar-refractivity contribution in [3.63, 3.8) is 0 Å². The van der Waals surface area contributed by atoms with Gasteiger partial charge in [0.2, 0.25) is 18.1 Å². The SMILES string of the molecule is CNC(=O)C(N)CO.CNC(=O)C=O.COCCCCC(=O)NCCCCON.[Na+].[O-][I+3]([O-])([O-])[O-]. The fraction of sp³-hybridized carbons (Fsp3) is 0.765. The van der Waals surface area contributed by atoms with Crippen molar-refractivity contribution in [2.75, 3.05) is 47.6 Å². The van der Waals surface area contributed by atoms with Crippen molar-refractivity contribution >= 4 is 24.0 Å². The number of ether oxygens (including phenoxy) is 1. The predicted molar refractivity (Wildman–Crippen MR) is 107 cm³/mol. The smallest absolute Gasteiger partial charge is 0.394 e. The molecule has 0 bridgehead atoms. The molecule has 1 atom stereocenters. The predicted octanol–water partition coefficient (Wildman–Crippen LogP) is -13.2. The molecule has 0 rings (SSSR count). The van der Waals surface area contributed by atoms with Gasteiger partial charge < -0.3 is 36.4 Å². The zero-order valence-corrected chi connectivity index (χ0v) is 24.7. The summed E-state index contributed by atoms with van der Waals surface area (Å²) < 4.78 is 39.4. The number of amides is 3. The number of hydrogen-bond acceptors (Lipinski definition) is 13. The Bertz CT molecular complexity index is 511. The van der Waals surface area contributed by atoms with Crippen molar-refractivity contribution in [1.82, 2.24) is 16.0 Å². The molecule has 0 fully saturated rings. The molecule has 0 aromatic heterocycles. The van der Waals surface area contributed by atoms with Crippen LogP contribution in [0.15, 0.2) is 0 Å². The average Bonchev–Trinajstić information content (AvgIpc) is 2.79. The summed E-state index contributed by atoms with van der Waals surface area (Å²) in [6.07, 6.45) is 4.40. The van der Waals surface area contributed by atoms with E-state index >= 15 is 0 Å². The molecule has 0 saturated carbocycles. The Balaban J connectivity index is -0.000000127. The maximum Gasteiger partial charge on any atom is 1.00 e. The quantitative estimate of drug-likeness (QED) is 0.0273. The number of halogens is 1. The molecule has 8 N–H and O–H groups in total.